The van der Waals surface area contributed by atoms with Crippen molar-refractivity contribution in [2.75, 3.05) is 0 Å². The largest absolute Gasteiger partial charge is 0.440 e. The van der Waals surface area contributed by atoms with Gasteiger partial charge in [-0.05, 0) is 5.54 Å². The zero-order valence-corrected chi connectivity index (χ0v) is 32.2. The Morgan fingerprint density at radius 3 is 1.35 bits per heavy atom. The molecule has 0 saturated heterocycles. The number of hydrogen-bond acceptors (Lipinski definition) is 10. The van der Waals surface area contributed by atoms with Crippen LogP contribution >= 0.6 is 0 Å². The van der Waals surface area contributed by atoms with Gasteiger partial charge in [-0.2, -0.15) is 0 Å². The fourth-order valence-corrected chi connectivity index (χ4v) is 172. The summed E-state index contributed by atoms with van der Waals surface area (Å²) < 4.78 is 18.9. The second kappa shape index (κ2) is 14.5. The molecule has 34 heavy (non-hydrogen) atoms. The highest BCUT2D eigenvalue weighted by Crippen LogP contribution is 2.47. The Morgan fingerprint density at radius 2 is 1.06 bits per heavy atom. The van der Waals surface area contributed by atoms with Gasteiger partial charge in [0.15, 0.2) is 0 Å². The molecular formula is C12H35O10Si12. The van der Waals surface area contributed by atoms with Crippen molar-refractivity contribution >= 4 is 102 Å². The van der Waals surface area contributed by atoms with E-state index in [1.54, 1.807) is 0 Å². The van der Waals surface area contributed by atoms with Crippen molar-refractivity contribution in [1.82, 2.24) is 0 Å². The molecule has 0 spiro atoms. The third-order valence-electron chi connectivity index (χ3n) is 6.69. The summed E-state index contributed by atoms with van der Waals surface area (Å²) in [6.07, 6.45) is 6.11. The van der Waals surface area contributed by atoms with Gasteiger partial charge < -0.3 is 45.9 Å². The van der Waals surface area contributed by atoms with E-state index in [9.17, 15) is 33.6 Å². The Labute approximate surface area is 223 Å². The quantitative estimate of drug-likeness (QED) is 0.0699. The fraction of sp³-hybridized carbons (Fsp3) is 1.00. The van der Waals surface area contributed by atoms with E-state index in [0.717, 1.165) is 38.5 Å². The average Bonchev–Trinajstić information content (AvgIpc) is 3.09. The fourth-order valence-electron chi connectivity index (χ4n) is 4.75. The van der Waals surface area contributed by atoms with Gasteiger partial charge in [0.1, 0.15) is 7.59 Å². The van der Waals surface area contributed by atoms with Gasteiger partial charge in [0.05, 0.1) is 7.59 Å². The molecule has 0 heterocycles. The van der Waals surface area contributed by atoms with Gasteiger partial charge in [0.2, 0.25) is 57.7 Å². The van der Waals surface area contributed by atoms with Crippen LogP contribution < -0.4 is 0 Å². The molecule has 0 aromatic rings. The summed E-state index contributed by atoms with van der Waals surface area (Å²) >= 11 is 0. The summed E-state index contributed by atoms with van der Waals surface area (Å²) in [5.74, 6) is 0. The summed E-state index contributed by atoms with van der Waals surface area (Å²) in [4.78, 5) is 74.9. The minimum atomic E-state index is -3.86. The van der Waals surface area contributed by atoms with Crippen LogP contribution in [0.3, 0.4) is 0 Å². The smallest absolute Gasteiger partial charge is 0.418 e. The lowest BCUT2D eigenvalue weighted by Crippen LogP contribution is -2.98. The van der Waals surface area contributed by atoms with E-state index in [1.807, 2.05) is 19.6 Å². The van der Waals surface area contributed by atoms with Crippen LogP contribution in [0.15, 0.2) is 0 Å². The predicted octanol–water partition coefficient (Wildman–Crippen LogP) is -3.08. The topological polar surface area (TPSA) is 169 Å². The second-order valence-electron chi connectivity index (χ2n) is 9.94. The highest BCUT2D eigenvalue weighted by Gasteiger charge is 2.80. The van der Waals surface area contributed by atoms with Crippen molar-refractivity contribution in [2.24, 2.45) is 0 Å². The van der Waals surface area contributed by atoms with Crippen molar-refractivity contribution in [2.45, 2.75) is 76.8 Å². The van der Waals surface area contributed by atoms with Gasteiger partial charge >= 0.3 is 28.8 Å². The summed E-state index contributed by atoms with van der Waals surface area (Å²) in [6.45, 7) is -1.30. The van der Waals surface area contributed by atoms with Crippen molar-refractivity contribution in [1.29, 1.82) is 0 Å². The predicted molar refractivity (Wildman–Crippen MR) is 149 cm³/mol. The first-order valence-corrected chi connectivity index (χ1v) is 38.1. The molecule has 1 aliphatic rings. The van der Waals surface area contributed by atoms with Crippen LogP contribution in [-0.2, 0) is 12.3 Å². The van der Waals surface area contributed by atoms with Crippen LogP contribution in [0.25, 0.3) is 0 Å². The van der Waals surface area contributed by atoms with Crippen molar-refractivity contribution in [3.63, 3.8) is 0 Å². The van der Waals surface area contributed by atoms with Crippen molar-refractivity contribution in [3.05, 3.63) is 0 Å². The molecule has 1 aliphatic carbocycles. The number of hydrogen-bond donors (Lipinski definition) is 7. The van der Waals surface area contributed by atoms with E-state index in [2.05, 4.69) is 13.1 Å². The Kier molecular flexibility index (Phi) is 14.6. The Bertz CT molecular complexity index is 575. The zero-order chi connectivity index (χ0) is 26.3. The van der Waals surface area contributed by atoms with Crippen LogP contribution in [0.5, 0.6) is 0 Å². The molecule has 1 rings (SSSR count). The van der Waals surface area contributed by atoms with Crippen LogP contribution in [-0.4, -0.2) is 135 Å². The second-order valence-corrected chi connectivity index (χ2v) is 72.0. The summed E-state index contributed by atoms with van der Waals surface area (Å²) in [5, 5.41) is 0. The molecule has 7 N–H and O–H groups in total. The highest BCUT2D eigenvalue weighted by atomic mass is 30.3. The van der Waals surface area contributed by atoms with Crippen LogP contribution in [0.1, 0.15) is 38.5 Å². The molecule has 0 aromatic carbocycles. The third-order valence-corrected chi connectivity index (χ3v) is 113. The standard InChI is InChI=1S/C12H35O10Si12/c1-30(2,3)29(19)22-34(32(25-15,26-16)20-23-13,33(27-17,28-18)21-24-14)31(4,5)12-10-8-6-7-9-11-12/h12-19H,6-11H2,1-5H3. The van der Waals surface area contributed by atoms with Crippen molar-refractivity contribution in [3.8, 4) is 0 Å². The molecule has 0 aromatic heterocycles. The SMILES string of the molecule is C[Si](C)(C)[Si](O)O[Si]([Si](O[Si]O)([Si]O)[Si]O)([Si](O[Si]O)([Si]O)[Si]O)[Si](C)(C)C1CCCCCC1. The van der Waals surface area contributed by atoms with Gasteiger partial charge in [-0.25, -0.2) is 0 Å². The third kappa shape index (κ3) is 6.67. The van der Waals surface area contributed by atoms with Gasteiger partial charge in [0.25, 0.3) is 0 Å². The molecule has 0 amide bonds. The van der Waals surface area contributed by atoms with E-state index >= 15 is 0 Å². The molecule has 1 fully saturated rings. The summed E-state index contributed by atoms with van der Waals surface area (Å²) in [5.41, 5.74) is 0.188. The van der Waals surface area contributed by atoms with E-state index in [4.69, 9.17) is 12.3 Å². The number of rotatable bonds is 15. The molecule has 13 radical (unpaired) electrons. The normalized spacial score (nSPS) is 17.9. The lowest BCUT2D eigenvalue weighted by Gasteiger charge is -2.60. The van der Waals surface area contributed by atoms with Gasteiger partial charge in [0, 0.05) is 0 Å². The molecule has 10 nitrogen and oxygen atoms in total. The monoisotopic (exact) mass is 675 g/mol. The molecule has 0 aliphatic heterocycles. The molecule has 191 valence electrons. The lowest BCUT2D eigenvalue weighted by atomic mass is 10.2. The molecule has 22 heteroatoms. The molecule has 1 saturated carbocycles. The summed E-state index contributed by atoms with van der Waals surface area (Å²) in [6, 6.07) is 0. The molecule has 0 bridgehead atoms. The first-order valence-electron chi connectivity index (χ1n) is 10.9. The van der Waals surface area contributed by atoms with Crippen LogP contribution in [0.2, 0.25) is 38.3 Å². The van der Waals surface area contributed by atoms with E-state index in [1.165, 1.54) is 0 Å². The average molecular weight is 676 g/mol. The Hall–Kier alpha value is 2.20. The van der Waals surface area contributed by atoms with Crippen LogP contribution in [0.4, 0.5) is 0 Å². The molecule has 0 atom stereocenters. The molecule has 0 unspecified atom stereocenters. The Balaban J connectivity index is 4.14. The maximum absolute atomic E-state index is 11.5. The lowest BCUT2D eigenvalue weighted by molar-refractivity contribution is 0.423. The summed E-state index contributed by atoms with van der Waals surface area (Å²) in [7, 11) is -13.2. The highest BCUT2D eigenvalue weighted by molar-refractivity contribution is 8.08. The van der Waals surface area contributed by atoms with Crippen molar-refractivity contribution < 1.29 is 45.9 Å². The van der Waals surface area contributed by atoms with E-state index in [0.29, 0.717) is 0 Å². The zero-order valence-electron chi connectivity index (χ0n) is 20.2. The first kappa shape index (κ1) is 34.2. The van der Waals surface area contributed by atoms with E-state index in [-0.39, 0.29) is 5.54 Å². The minimum absolute atomic E-state index is 0.188. The maximum atomic E-state index is 11.5. The molecular weight excluding hydrogens is 641 g/mol. The first-order chi connectivity index (χ1) is 15.8. The Morgan fingerprint density at radius 1 is 0.676 bits per heavy atom. The van der Waals surface area contributed by atoms with Gasteiger partial charge in [-0.3, -0.25) is 0 Å². The van der Waals surface area contributed by atoms with E-state index < -0.39 is 102 Å². The van der Waals surface area contributed by atoms with Gasteiger partial charge in [-0.1, -0.05) is 71.3 Å². The maximum Gasteiger partial charge on any atom is 0.418 e. The minimum Gasteiger partial charge on any atom is -0.440 e. The van der Waals surface area contributed by atoms with Gasteiger partial charge in [-0.15, -0.1) is 0 Å². The van der Waals surface area contributed by atoms with Crippen LogP contribution in [0, 0.1) is 0 Å².